The molecule has 0 amide bonds. The van der Waals surface area contributed by atoms with Gasteiger partial charge in [-0.1, -0.05) is 37.6 Å². The van der Waals surface area contributed by atoms with Gasteiger partial charge in [0, 0.05) is 37.3 Å². The van der Waals surface area contributed by atoms with E-state index in [4.69, 9.17) is 4.98 Å². The fraction of sp³-hybridized carbons (Fsp3) is 0.391. The normalized spacial score (nSPS) is 19.3. The van der Waals surface area contributed by atoms with Crippen LogP contribution in [0.15, 0.2) is 54.7 Å². The molecule has 0 aliphatic heterocycles. The lowest BCUT2D eigenvalue weighted by Gasteiger charge is -2.29. The van der Waals surface area contributed by atoms with Crippen LogP contribution in [0, 0.1) is 5.92 Å². The summed E-state index contributed by atoms with van der Waals surface area (Å²) in [7, 11) is 2.14. The van der Waals surface area contributed by atoms with Crippen LogP contribution >= 0.6 is 0 Å². The van der Waals surface area contributed by atoms with Gasteiger partial charge in [0.25, 0.3) is 0 Å². The number of ketones is 1. The molecule has 4 heteroatoms. The van der Waals surface area contributed by atoms with Crippen molar-refractivity contribution in [2.45, 2.75) is 38.5 Å². The molecule has 0 saturated carbocycles. The first-order valence-electron chi connectivity index (χ1n) is 9.96. The summed E-state index contributed by atoms with van der Waals surface area (Å²) < 4.78 is 1.99. The minimum absolute atomic E-state index is 0.120. The van der Waals surface area contributed by atoms with E-state index in [1.165, 1.54) is 5.69 Å². The van der Waals surface area contributed by atoms with Crippen molar-refractivity contribution < 1.29 is 4.79 Å². The molecule has 0 radical (unpaired) electrons. The molecule has 0 saturated heterocycles. The van der Waals surface area contributed by atoms with E-state index in [0.717, 1.165) is 49.3 Å². The number of hydrogen-bond acceptors (Lipinski definition) is 3. The van der Waals surface area contributed by atoms with Crippen molar-refractivity contribution in [2.24, 2.45) is 5.92 Å². The van der Waals surface area contributed by atoms with Crippen LogP contribution in [0.4, 0.5) is 5.69 Å². The average molecular weight is 361 g/mol. The number of pyridine rings is 1. The molecule has 3 aromatic rings. The van der Waals surface area contributed by atoms with Gasteiger partial charge in [0.15, 0.2) is 5.78 Å². The first kappa shape index (κ1) is 17.8. The number of aromatic nitrogens is 2. The lowest BCUT2D eigenvalue weighted by atomic mass is 9.77. The topological polar surface area (TPSA) is 37.6 Å². The number of fused-ring (bicyclic) bond motifs is 3. The SMILES string of the molecule is CCCC1CC(CCN(C)c2ccccc2)c2nc3ccccn3c2C1=O. The zero-order valence-corrected chi connectivity index (χ0v) is 16.1. The standard InChI is InChI=1S/C23H27N3O/c1-3-9-18-16-17(13-15-25(2)19-10-5-4-6-11-19)21-22(23(18)27)26-14-8-7-12-20(26)24-21/h4-8,10-12,14,17-18H,3,9,13,15-16H2,1-2H3. The first-order valence-corrected chi connectivity index (χ1v) is 9.96. The van der Waals surface area contributed by atoms with Crippen molar-refractivity contribution in [3.05, 3.63) is 66.1 Å². The summed E-state index contributed by atoms with van der Waals surface area (Å²) in [6, 6.07) is 16.4. The second-order valence-corrected chi connectivity index (χ2v) is 7.60. The lowest BCUT2D eigenvalue weighted by molar-refractivity contribution is 0.0875. The second-order valence-electron chi connectivity index (χ2n) is 7.60. The van der Waals surface area contributed by atoms with Crippen molar-refractivity contribution in [3.63, 3.8) is 0 Å². The Morgan fingerprint density at radius 2 is 1.85 bits per heavy atom. The highest BCUT2D eigenvalue weighted by Gasteiger charge is 2.36. The number of nitrogens with zero attached hydrogens (tertiary/aromatic N) is 3. The van der Waals surface area contributed by atoms with Crippen LogP contribution < -0.4 is 4.90 Å². The molecule has 2 atom stereocenters. The molecule has 140 valence electrons. The summed E-state index contributed by atoms with van der Waals surface area (Å²) in [5, 5.41) is 0. The molecular formula is C23H27N3O. The van der Waals surface area contributed by atoms with Crippen molar-refractivity contribution in [1.29, 1.82) is 0 Å². The second kappa shape index (κ2) is 7.55. The smallest absolute Gasteiger partial charge is 0.184 e. The molecule has 1 aromatic carbocycles. The maximum Gasteiger partial charge on any atom is 0.184 e. The Balaban J connectivity index is 1.62. The van der Waals surface area contributed by atoms with Crippen molar-refractivity contribution in [3.8, 4) is 0 Å². The summed E-state index contributed by atoms with van der Waals surface area (Å²) in [5.41, 5.74) is 3.93. The van der Waals surface area contributed by atoms with Crippen LogP contribution in [-0.2, 0) is 0 Å². The minimum Gasteiger partial charge on any atom is -0.375 e. The predicted octanol–water partition coefficient (Wildman–Crippen LogP) is 4.95. The third-order valence-corrected chi connectivity index (χ3v) is 5.76. The number of carbonyl (C=O) groups excluding carboxylic acids is 1. The van der Waals surface area contributed by atoms with Crippen LogP contribution in [0.2, 0.25) is 0 Å². The highest BCUT2D eigenvalue weighted by molar-refractivity contribution is 5.99. The summed E-state index contributed by atoms with van der Waals surface area (Å²) in [6.45, 7) is 3.12. The first-order chi connectivity index (χ1) is 13.2. The molecule has 0 bridgehead atoms. The van der Waals surface area contributed by atoms with Crippen LogP contribution in [-0.4, -0.2) is 28.8 Å². The minimum atomic E-state index is 0.120. The van der Waals surface area contributed by atoms with Gasteiger partial charge in [-0.3, -0.25) is 9.20 Å². The fourth-order valence-electron chi connectivity index (χ4n) is 4.31. The molecule has 2 aromatic heterocycles. The van der Waals surface area contributed by atoms with Gasteiger partial charge in [-0.25, -0.2) is 4.98 Å². The van der Waals surface area contributed by atoms with Crippen LogP contribution in [0.5, 0.6) is 0 Å². The molecule has 4 nitrogen and oxygen atoms in total. The number of imidazole rings is 1. The Labute approximate surface area is 160 Å². The van der Waals surface area contributed by atoms with Gasteiger partial charge in [-0.05, 0) is 43.5 Å². The number of benzene rings is 1. The molecule has 27 heavy (non-hydrogen) atoms. The lowest BCUT2D eigenvalue weighted by Crippen LogP contribution is -2.29. The average Bonchev–Trinajstić information content (AvgIpc) is 3.10. The van der Waals surface area contributed by atoms with Crippen molar-refractivity contribution >= 4 is 17.1 Å². The van der Waals surface area contributed by atoms with Gasteiger partial charge in [0.05, 0.1) is 5.69 Å². The zero-order valence-electron chi connectivity index (χ0n) is 16.1. The van der Waals surface area contributed by atoms with E-state index in [2.05, 4.69) is 43.1 Å². The van der Waals surface area contributed by atoms with Crippen molar-refractivity contribution in [1.82, 2.24) is 9.38 Å². The maximum absolute atomic E-state index is 13.1. The van der Waals surface area contributed by atoms with E-state index in [1.807, 2.05) is 34.9 Å². The zero-order chi connectivity index (χ0) is 18.8. The van der Waals surface area contributed by atoms with Gasteiger partial charge in [-0.2, -0.15) is 0 Å². The van der Waals surface area contributed by atoms with Gasteiger partial charge in [-0.15, -0.1) is 0 Å². The Bertz CT molecular complexity index is 931. The van der Waals surface area contributed by atoms with E-state index in [0.29, 0.717) is 5.92 Å². The summed E-state index contributed by atoms with van der Waals surface area (Å²) in [4.78, 5) is 20.3. The molecule has 2 heterocycles. The highest BCUT2D eigenvalue weighted by Crippen LogP contribution is 2.39. The van der Waals surface area contributed by atoms with E-state index in [9.17, 15) is 4.79 Å². The molecular weight excluding hydrogens is 334 g/mol. The third kappa shape index (κ3) is 3.36. The predicted molar refractivity (Wildman–Crippen MR) is 110 cm³/mol. The van der Waals surface area contributed by atoms with E-state index in [-0.39, 0.29) is 11.7 Å². The Morgan fingerprint density at radius 1 is 1.07 bits per heavy atom. The van der Waals surface area contributed by atoms with Crippen LogP contribution in [0.1, 0.15) is 54.7 Å². The number of Topliss-reactive ketones (excluding diaryl/α,β-unsaturated/α-hetero) is 1. The Hall–Kier alpha value is -2.62. The van der Waals surface area contributed by atoms with E-state index in [1.54, 1.807) is 0 Å². The summed E-state index contributed by atoms with van der Waals surface area (Å²) >= 11 is 0. The molecule has 0 spiro atoms. The monoisotopic (exact) mass is 361 g/mol. The van der Waals surface area contributed by atoms with E-state index >= 15 is 0 Å². The summed E-state index contributed by atoms with van der Waals surface area (Å²) in [5.74, 6) is 0.730. The van der Waals surface area contributed by atoms with Crippen molar-refractivity contribution in [2.75, 3.05) is 18.5 Å². The third-order valence-electron chi connectivity index (χ3n) is 5.76. The fourth-order valence-corrected chi connectivity index (χ4v) is 4.31. The maximum atomic E-state index is 13.1. The number of para-hydroxylation sites is 1. The molecule has 0 N–H and O–H groups in total. The number of carbonyl (C=O) groups is 1. The highest BCUT2D eigenvalue weighted by atomic mass is 16.1. The molecule has 1 aliphatic carbocycles. The van der Waals surface area contributed by atoms with Crippen LogP contribution in [0.25, 0.3) is 5.65 Å². The Morgan fingerprint density at radius 3 is 2.63 bits per heavy atom. The summed E-state index contributed by atoms with van der Waals surface area (Å²) in [6.07, 6.45) is 5.91. The van der Waals surface area contributed by atoms with Gasteiger partial charge in [0.2, 0.25) is 0 Å². The van der Waals surface area contributed by atoms with Gasteiger partial charge < -0.3 is 4.90 Å². The molecule has 4 rings (SSSR count). The van der Waals surface area contributed by atoms with Gasteiger partial charge in [0.1, 0.15) is 11.3 Å². The molecule has 0 fully saturated rings. The quantitative estimate of drug-likeness (QED) is 0.623. The number of anilines is 1. The van der Waals surface area contributed by atoms with Crippen LogP contribution in [0.3, 0.4) is 0 Å². The number of rotatable bonds is 6. The Kier molecular flexibility index (Phi) is 4.97. The molecule has 1 aliphatic rings. The number of hydrogen-bond donors (Lipinski definition) is 0. The van der Waals surface area contributed by atoms with Gasteiger partial charge >= 0.3 is 0 Å². The molecule has 2 unspecified atom stereocenters. The van der Waals surface area contributed by atoms with E-state index < -0.39 is 0 Å². The largest absolute Gasteiger partial charge is 0.375 e.